The van der Waals surface area contributed by atoms with Crippen LogP contribution in [0.4, 0.5) is 11.5 Å². The average Bonchev–Trinajstić information content (AvgIpc) is 2.80. The lowest BCUT2D eigenvalue weighted by Crippen LogP contribution is -2.40. The second-order valence-electron chi connectivity index (χ2n) is 8.85. The fourth-order valence-electron chi connectivity index (χ4n) is 3.55. The molecular formula is C28H27N5O2. The highest BCUT2D eigenvalue weighted by Gasteiger charge is 2.14. The van der Waals surface area contributed by atoms with Crippen LogP contribution in [-0.4, -0.2) is 26.4 Å². The summed E-state index contributed by atoms with van der Waals surface area (Å²) in [5.74, 6) is 8.27. The minimum Gasteiger partial charge on any atom is -0.455 e. The Morgan fingerprint density at radius 1 is 1.00 bits per heavy atom. The van der Waals surface area contributed by atoms with Crippen LogP contribution < -0.4 is 15.4 Å². The number of aromatic nitrogens is 3. The Morgan fingerprint density at radius 2 is 1.83 bits per heavy atom. The fraction of sp³-hybridized carbons (Fsp3) is 0.214. The van der Waals surface area contributed by atoms with E-state index in [9.17, 15) is 4.79 Å². The van der Waals surface area contributed by atoms with E-state index in [4.69, 9.17) is 4.74 Å². The van der Waals surface area contributed by atoms with E-state index >= 15 is 0 Å². The number of aryl methyl sites for hydroxylation is 2. The van der Waals surface area contributed by atoms with Crippen molar-refractivity contribution >= 4 is 28.3 Å². The summed E-state index contributed by atoms with van der Waals surface area (Å²) >= 11 is 0. The predicted octanol–water partition coefficient (Wildman–Crippen LogP) is 5.44. The first kappa shape index (κ1) is 23.7. The van der Waals surface area contributed by atoms with E-state index in [-0.39, 0.29) is 5.91 Å². The van der Waals surface area contributed by atoms with E-state index in [1.165, 1.54) is 13.3 Å². The van der Waals surface area contributed by atoms with Crippen LogP contribution in [0.15, 0.2) is 61.1 Å². The van der Waals surface area contributed by atoms with Gasteiger partial charge in [0.25, 0.3) is 0 Å². The molecule has 0 saturated heterocycles. The molecule has 0 bridgehead atoms. The van der Waals surface area contributed by atoms with Crippen molar-refractivity contribution in [2.75, 3.05) is 5.32 Å². The van der Waals surface area contributed by atoms with Gasteiger partial charge >= 0.3 is 0 Å². The van der Waals surface area contributed by atoms with E-state index in [1.807, 2.05) is 76.2 Å². The number of amides is 1. The van der Waals surface area contributed by atoms with Gasteiger partial charge in [-0.1, -0.05) is 11.8 Å². The van der Waals surface area contributed by atoms with Gasteiger partial charge in [0.1, 0.15) is 23.6 Å². The number of nitrogens with one attached hydrogen (secondary N) is 2. The third-order valence-corrected chi connectivity index (χ3v) is 5.19. The van der Waals surface area contributed by atoms with E-state index in [0.29, 0.717) is 11.6 Å². The van der Waals surface area contributed by atoms with Gasteiger partial charge in [0.05, 0.1) is 17.3 Å². The third kappa shape index (κ3) is 6.12. The maximum Gasteiger partial charge on any atom is 0.218 e. The van der Waals surface area contributed by atoms with Crippen LogP contribution in [0.1, 0.15) is 37.6 Å². The van der Waals surface area contributed by atoms with E-state index in [2.05, 4.69) is 37.4 Å². The van der Waals surface area contributed by atoms with Gasteiger partial charge in [0, 0.05) is 29.3 Å². The number of hydrogen-bond acceptors (Lipinski definition) is 6. The molecule has 4 rings (SSSR count). The van der Waals surface area contributed by atoms with Gasteiger partial charge in [-0.05, 0) is 81.8 Å². The second kappa shape index (κ2) is 9.82. The molecule has 0 fully saturated rings. The standard InChI is InChI=1S/C28H27N5O2/c1-18-14-22(8-11-26(18)35-23-9-6-19(2)29-16-23)32-27-24-15-21(7-10-25(24)30-17-31-27)12-13-28(4,5)33-20(3)34/h6-11,14-17H,1-5H3,(H,33,34)(H,30,31,32). The number of benzene rings is 2. The molecule has 0 radical (unpaired) electrons. The summed E-state index contributed by atoms with van der Waals surface area (Å²) in [6.07, 6.45) is 3.25. The first-order valence-electron chi connectivity index (χ1n) is 11.2. The first-order chi connectivity index (χ1) is 16.7. The van der Waals surface area contributed by atoms with Gasteiger partial charge in [0.15, 0.2) is 0 Å². The molecule has 0 spiro atoms. The summed E-state index contributed by atoms with van der Waals surface area (Å²) in [4.78, 5) is 24.5. The van der Waals surface area contributed by atoms with Gasteiger partial charge in [0.2, 0.25) is 5.91 Å². The Kier molecular flexibility index (Phi) is 6.65. The van der Waals surface area contributed by atoms with E-state index < -0.39 is 5.54 Å². The monoisotopic (exact) mass is 465 g/mol. The quantitative estimate of drug-likeness (QED) is 0.381. The van der Waals surface area contributed by atoms with Crippen molar-refractivity contribution in [3.8, 4) is 23.3 Å². The third-order valence-electron chi connectivity index (χ3n) is 5.19. The predicted molar refractivity (Wildman–Crippen MR) is 138 cm³/mol. The normalized spacial score (nSPS) is 10.9. The number of nitrogens with zero attached hydrogens (tertiary/aromatic N) is 3. The summed E-state index contributed by atoms with van der Waals surface area (Å²) in [5, 5.41) is 7.07. The highest BCUT2D eigenvalue weighted by molar-refractivity contribution is 5.91. The molecule has 7 heteroatoms. The highest BCUT2D eigenvalue weighted by Crippen LogP contribution is 2.29. The zero-order valence-electron chi connectivity index (χ0n) is 20.4. The molecule has 2 heterocycles. The van der Waals surface area contributed by atoms with Crippen LogP contribution in [0.25, 0.3) is 10.9 Å². The Balaban J connectivity index is 1.58. The molecule has 0 aliphatic heterocycles. The van der Waals surface area contributed by atoms with Crippen molar-refractivity contribution in [3.63, 3.8) is 0 Å². The Bertz CT molecular complexity index is 1450. The summed E-state index contributed by atoms with van der Waals surface area (Å²) in [5.41, 5.74) is 3.76. The number of carbonyl (C=O) groups excluding carboxylic acids is 1. The van der Waals surface area contributed by atoms with Gasteiger partial charge in [-0.15, -0.1) is 0 Å². The number of ether oxygens (including phenoxy) is 1. The number of fused-ring (bicyclic) bond motifs is 1. The molecule has 0 aliphatic carbocycles. The zero-order chi connectivity index (χ0) is 25.0. The van der Waals surface area contributed by atoms with Crippen LogP contribution in [0.5, 0.6) is 11.5 Å². The lowest BCUT2D eigenvalue weighted by atomic mass is 10.0. The van der Waals surface area contributed by atoms with Crippen LogP contribution in [-0.2, 0) is 4.79 Å². The molecule has 4 aromatic rings. The SMILES string of the molecule is CC(=O)NC(C)(C)C#Cc1ccc2ncnc(Nc3ccc(Oc4ccc(C)nc4)c(C)c3)c2c1. The summed E-state index contributed by atoms with van der Waals surface area (Å²) in [6.45, 7) is 9.14. The van der Waals surface area contributed by atoms with E-state index in [0.717, 1.165) is 39.2 Å². The Morgan fingerprint density at radius 3 is 2.54 bits per heavy atom. The van der Waals surface area contributed by atoms with Crippen molar-refractivity contribution in [1.82, 2.24) is 20.3 Å². The maximum absolute atomic E-state index is 11.4. The Labute approximate surface area is 205 Å². The molecule has 35 heavy (non-hydrogen) atoms. The van der Waals surface area contributed by atoms with Crippen LogP contribution in [0.3, 0.4) is 0 Å². The number of hydrogen-bond donors (Lipinski definition) is 2. The topological polar surface area (TPSA) is 89.0 Å². The Hall–Kier alpha value is -4.44. The molecule has 2 N–H and O–H groups in total. The van der Waals surface area contributed by atoms with Crippen LogP contribution >= 0.6 is 0 Å². The van der Waals surface area contributed by atoms with Crippen molar-refractivity contribution in [2.45, 2.75) is 40.2 Å². The maximum atomic E-state index is 11.4. The smallest absolute Gasteiger partial charge is 0.218 e. The first-order valence-corrected chi connectivity index (χ1v) is 11.2. The molecule has 1 amide bonds. The molecule has 0 saturated carbocycles. The van der Waals surface area contributed by atoms with Gasteiger partial charge in [-0.3, -0.25) is 9.78 Å². The van der Waals surface area contributed by atoms with Crippen LogP contribution in [0, 0.1) is 25.7 Å². The summed E-state index contributed by atoms with van der Waals surface area (Å²) in [6, 6.07) is 15.5. The molecule has 0 aliphatic rings. The van der Waals surface area contributed by atoms with Crippen molar-refractivity contribution in [2.24, 2.45) is 0 Å². The van der Waals surface area contributed by atoms with Gasteiger partial charge in [-0.2, -0.15) is 0 Å². The molecule has 0 atom stereocenters. The fourth-order valence-corrected chi connectivity index (χ4v) is 3.55. The molecule has 176 valence electrons. The van der Waals surface area contributed by atoms with Gasteiger partial charge < -0.3 is 15.4 Å². The van der Waals surface area contributed by atoms with Crippen molar-refractivity contribution in [1.29, 1.82) is 0 Å². The molecular weight excluding hydrogens is 438 g/mol. The molecule has 0 unspecified atom stereocenters. The van der Waals surface area contributed by atoms with Gasteiger partial charge in [-0.25, -0.2) is 9.97 Å². The minimum absolute atomic E-state index is 0.120. The van der Waals surface area contributed by atoms with E-state index in [1.54, 1.807) is 6.20 Å². The number of anilines is 2. The number of carbonyl (C=O) groups is 1. The number of pyridine rings is 1. The molecule has 2 aromatic heterocycles. The number of rotatable bonds is 5. The zero-order valence-corrected chi connectivity index (χ0v) is 20.4. The average molecular weight is 466 g/mol. The molecule has 7 nitrogen and oxygen atoms in total. The highest BCUT2D eigenvalue weighted by atomic mass is 16.5. The minimum atomic E-state index is -0.634. The lowest BCUT2D eigenvalue weighted by Gasteiger charge is -2.18. The van der Waals surface area contributed by atoms with Crippen LogP contribution in [0.2, 0.25) is 0 Å². The lowest BCUT2D eigenvalue weighted by molar-refractivity contribution is -0.119. The summed E-state index contributed by atoms with van der Waals surface area (Å²) < 4.78 is 5.98. The summed E-state index contributed by atoms with van der Waals surface area (Å²) in [7, 11) is 0. The van der Waals surface area contributed by atoms with Crippen molar-refractivity contribution < 1.29 is 9.53 Å². The molecule has 2 aromatic carbocycles. The van der Waals surface area contributed by atoms with Crippen molar-refractivity contribution in [3.05, 3.63) is 77.9 Å². The largest absolute Gasteiger partial charge is 0.455 e. The second-order valence-corrected chi connectivity index (χ2v) is 8.85.